The fourth-order valence-electron chi connectivity index (χ4n) is 1.82. The highest BCUT2D eigenvalue weighted by Crippen LogP contribution is 2.12. The number of urea groups is 2. The van der Waals surface area contributed by atoms with Crippen LogP contribution in [-0.4, -0.2) is 45.6 Å². The van der Waals surface area contributed by atoms with E-state index in [4.69, 9.17) is 21.7 Å². The van der Waals surface area contributed by atoms with Gasteiger partial charge in [0.05, 0.1) is 24.3 Å². The third-order valence-corrected chi connectivity index (χ3v) is 2.77. The van der Waals surface area contributed by atoms with Crippen LogP contribution in [0.25, 0.3) is 0 Å². The maximum Gasteiger partial charge on any atom is 0.332 e. The van der Waals surface area contributed by atoms with Gasteiger partial charge in [0.1, 0.15) is 0 Å². The van der Waals surface area contributed by atoms with Crippen molar-refractivity contribution in [3.05, 3.63) is 35.4 Å². The standard InChI is InChI=1S/C14H16N6O6/c15-13(25)19-17-9(5-11(21)22)7-2-1-3-8(4-7)10(6-12(23)24)18-20-14(16)26/h1-4H,5-6H2,(H,21,22)(H,23,24)(H3,15,19,25)(H3,16,20,26). The van der Waals surface area contributed by atoms with Crippen LogP contribution in [0.2, 0.25) is 0 Å². The Hall–Kier alpha value is -3.96. The molecule has 0 aliphatic heterocycles. The summed E-state index contributed by atoms with van der Waals surface area (Å²) < 4.78 is 0. The van der Waals surface area contributed by atoms with Gasteiger partial charge in [-0.1, -0.05) is 18.2 Å². The average Bonchev–Trinajstić information content (AvgIpc) is 2.54. The van der Waals surface area contributed by atoms with Crippen LogP contribution in [0, 0.1) is 0 Å². The topological polar surface area (TPSA) is 210 Å². The molecular weight excluding hydrogens is 348 g/mol. The van der Waals surface area contributed by atoms with Crippen LogP contribution in [0.3, 0.4) is 0 Å². The van der Waals surface area contributed by atoms with Gasteiger partial charge in [0.25, 0.3) is 0 Å². The van der Waals surface area contributed by atoms with Gasteiger partial charge in [-0.3, -0.25) is 9.59 Å². The average molecular weight is 364 g/mol. The number of aliphatic carboxylic acids is 2. The lowest BCUT2D eigenvalue weighted by Crippen LogP contribution is -2.27. The van der Waals surface area contributed by atoms with E-state index < -0.39 is 36.8 Å². The van der Waals surface area contributed by atoms with Gasteiger partial charge in [-0.2, -0.15) is 10.2 Å². The Kier molecular flexibility index (Phi) is 7.23. The Balaban J connectivity index is 3.29. The summed E-state index contributed by atoms with van der Waals surface area (Å²) in [5, 5.41) is 25.2. The summed E-state index contributed by atoms with van der Waals surface area (Å²) in [6.45, 7) is 0. The molecule has 0 fully saturated rings. The van der Waals surface area contributed by atoms with Crippen molar-refractivity contribution >= 4 is 35.4 Å². The van der Waals surface area contributed by atoms with Crippen LogP contribution < -0.4 is 22.3 Å². The molecule has 0 aliphatic rings. The lowest BCUT2D eigenvalue weighted by molar-refractivity contribution is -0.136. The molecule has 26 heavy (non-hydrogen) atoms. The Morgan fingerprint density at radius 2 is 1.23 bits per heavy atom. The molecule has 8 N–H and O–H groups in total. The van der Waals surface area contributed by atoms with Crippen LogP contribution in [-0.2, 0) is 9.59 Å². The molecule has 0 atom stereocenters. The molecule has 0 saturated heterocycles. The number of nitrogens with one attached hydrogen (secondary N) is 2. The number of amides is 4. The fraction of sp³-hybridized carbons (Fsp3) is 0.143. The smallest absolute Gasteiger partial charge is 0.332 e. The molecule has 12 nitrogen and oxygen atoms in total. The van der Waals surface area contributed by atoms with Crippen LogP contribution in [0.4, 0.5) is 9.59 Å². The van der Waals surface area contributed by atoms with E-state index in [2.05, 4.69) is 10.2 Å². The second-order valence-electron chi connectivity index (χ2n) is 4.79. The summed E-state index contributed by atoms with van der Waals surface area (Å²) >= 11 is 0. The first kappa shape index (κ1) is 20.1. The molecular formula is C14H16N6O6. The Bertz CT molecular complexity index is 727. The summed E-state index contributed by atoms with van der Waals surface area (Å²) in [7, 11) is 0. The molecule has 0 unspecified atom stereocenters. The van der Waals surface area contributed by atoms with Gasteiger partial charge < -0.3 is 21.7 Å². The van der Waals surface area contributed by atoms with Gasteiger partial charge in [-0.05, 0) is 17.2 Å². The third kappa shape index (κ3) is 7.08. The molecule has 0 saturated carbocycles. The zero-order valence-electron chi connectivity index (χ0n) is 13.3. The summed E-state index contributed by atoms with van der Waals surface area (Å²) in [5.41, 5.74) is 14.2. The molecule has 1 aromatic rings. The maximum absolute atomic E-state index is 11.0. The highest BCUT2D eigenvalue weighted by Gasteiger charge is 2.14. The first-order valence-electron chi connectivity index (χ1n) is 6.97. The lowest BCUT2D eigenvalue weighted by atomic mass is 10.0. The Labute approximate surface area is 146 Å². The lowest BCUT2D eigenvalue weighted by Gasteiger charge is -2.09. The summed E-state index contributed by atoms with van der Waals surface area (Å²) in [6, 6.07) is 3.91. The molecule has 0 spiro atoms. The number of carboxylic acids is 2. The van der Waals surface area contributed by atoms with Gasteiger partial charge in [0.2, 0.25) is 0 Å². The number of nitrogens with two attached hydrogens (primary N) is 2. The minimum absolute atomic E-state index is 0.0318. The first-order valence-corrected chi connectivity index (χ1v) is 6.97. The van der Waals surface area contributed by atoms with Crippen molar-refractivity contribution in [2.75, 3.05) is 0 Å². The first-order chi connectivity index (χ1) is 12.2. The van der Waals surface area contributed by atoms with Crippen molar-refractivity contribution in [1.29, 1.82) is 0 Å². The number of hydrogen-bond acceptors (Lipinski definition) is 6. The third-order valence-electron chi connectivity index (χ3n) is 2.77. The minimum atomic E-state index is -1.21. The number of nitrogens with zero attached hydrogens (tertiary/aromatic N) is 2. The number of carbonyl (C=O) groups is 4. The van der Waals surface area contributed by atoms with Crippen molar-refractivity contribution < 1.29 is 29.4 Å². The summed E-state index contributed by atoms with van der Waals surface area (Å²) in [5.74, 6) is -2.43. The highest BCUT2D eigenvalue weighted by molar-refractivity contribution is 6.13. The van der Waals surface area contributed by atoms with E-state index in [9.17, 15) is 19.2 Å². The second-order valence-corrected chi connectivity index (χ2v) is 4.79. The van der Waals surface area contributed by atoms with Crippen molar-refractivity contribution in [3.8, 4) is 0 Å². The van der Waals surface area contributed by atoms with Crippen LogP contribution >= 0.6 is 0 Å². The van der Waals surface area contributed by atoms with Gasteiger partial charge in [-0.25, -0.2) is 20.4 Å². The minimum Gasteiger partial charge on any atom is -0.481 e. The highest BCUT2D eigenvalue weighted by atomic mass is 16.4. The van der Waals surface area contributed by atoms with E-state index in [0.717, 1.165) is 0 Å². The van der Waals surface area contributed by atoms with E-state index >= 15 is 0 Å². The Morgan fingerprint density at radius 1 is 0.846 bits per heavy atom. The van der Waals surface area contributed by atoms with Gasteiger partial charge in [-0.15, -0.1) is 0 Å². The van der Waals surface area contributed by atoms with Crippen LogP contribution in [0.15, 0.2) is 34.5 Å². The number of carbonyl (C=O) groups excluding carboxylic acids is 2. The summed E-state index contributed by atoms with van der Waals surface area (Å²) in [6.07, 6.45) is -1.07. The second kappa shape index (κ2) is 9.36. The van der Waals surface area contributed by atoms with E-state index in [1.165, 1.54) is 24.3 Å². The predicted molar refractivity (Wildman–Crippen MR) is 89.5 cm³/mol. The molecule has 1 aromatic carbocycles. The zero-order valence-corrected chi connectivity index (χ0v) is 13.3. The molecule has 0 aliphatic carbocycles. The van der Waals surface area contributed by atoms with Gasteiger partial charge in [0.15, 0.2) is 0 Å². The van der Waals surface area contributed by atoms with Crippen LogP contribution in [0.1, 0.15) is 24.0 Å². The molecule has 0 aromatic heterocycles. The van der Waals surface area contributed by atoms with E-state index in [1.54, 1.807) is 0 Å². The number of primary amides is 2. The van der Waals surface area contributed by atoms with E-state index in [0.29, 0.717) is 0 Å². The van der Waals surface area contributed by atoms with Crippen LogP contribution in [0.5, 0.6) is 0 Å². The maximum atomic E-state index is 11.0. The summed E-state index contributed by atoms with van der Waals surface area (Å²) in [4.78, 5) is 43.5. The number of benzene rings is 1. The number of hydrogen-bond donors (Lipinski definition) is 6. The fourth-order valence-corrected chi connectivity index (χ4v) is 1.82. The Morgan fingerprint density at radius 3 is 1.54 bits per heavy atom. The van der Waals surface area contributed by atoms with E-state index in [-0.39, 0.29) is 22.6 Å². The largest absolute Gasteiger partial charge is 0.481 e. The molecule has 4 amide bonds. The molecule has 0 bridgehead atoms. The molecule has 1 rings (SSSR count). The molecule has 0 radical (unpaired) electrons. The zero-order chi connectivity index (χ0) is 19.7. The van der Waals surface area contributed by atoms with Crippen molar-refractivity contribution in [1.82, 2.24) is 10.9 Å². The SMILES string of the molecule is NC(=O)NN=C(CC(=O)O)c1cccc(C(CC(=O)O)=NNC(N)=O)c1. The van der Waals surface area contributed by atoms with Gasteiger partial charge in [0, 0.05) is 0 Å². The van der Waals surface area contributed by atoms with Crippen molar-refractivity contribution in [3.63, 3.8) is 0 Å². The van der Waals surface area contributed by atoms with E-state index in [1.807, 2.05) is 10.9 Å². The van der Waals surface area contributed by atoms with Crippen molar-refractivity contribution in [2.45, 2.75) is 12.8 Å². The predicted octanol–water partition coefficient (Wildman–Crippen LogP) is -0.619. The quantitative estimate of drug-likeness (QED) is 0.261. The normalized spacial score (nSPS) is 11.5. The monoisotopic (exact) mass is 364 g/mol. The molecule has 138 valence electrons. The molecule has 0 heterocycles. The van der Waals surface area contributed by atoms with Crippen molar-refractivity contribution in [2.24, 2.45) is 21.7 Å². The number of rotatable bonds is 8. The molecule has 12 heteroatoms. The number of carboxylic acid groups (broad SMARTS) is 2. The number of hydrazone groups is 2. The van der Waals surface area contributed by atoms with Gasteiger partial charge >= 0.3 is 24.0 Å².